The van der Waals surface area contributed by atoms with Crippen molar-refractivity contribution in [3.05, 3.63) is 66.1 Å². The van der Waals surface area contributed by atoms with Gasteiger partial charge in [-0.3, -0.25) is 9.78 Å². The van der Waals surface area contributed by atoms with Crippen LogP contribution in [0.4, 0.5) is 5.69 Å². The predicted molar refractivity (Wildman–Crippen MR) is 78.7 cm³/mol. The van der Waals surface area contributed by atoms with E-state index in [1.54, 1.807) is 48.8 Å². The number of hydrogen-bond acceptors (Lipinski definition) is 4. The lowest BCUT2D eigenvalue weighted by Crippen LogP contribution is -2.03. The molecule has 2 rings (SSSR count). The number of anilines is 1. The van der Waals surface area contributed by atoms with Crippen LogP contribution in [0.25, 0.3) is 0 Å². The molecule has 1 aromatic heterocycles. The van der Waals surface area contributed by atoms with Crippen molar-refractivity contribution in [3.63, 3.8) is 0 Å². The minimum absolute atomic E-state index is 0.0906. The van der Waals surface area contributed by atoms with Crippen molar-refractivity contribution in [2.45, 2.75) is 13.3 Å². The van der Waals surface area contributed by atoms with E-state index in [1.165, 1.54) is 0 Å². The number of allylic oxidation sites excluding steroid dienone is 2. The number of phenolic OH excluding ortho intramolecular Hbond substituents is 1. The number of nitrogens with zero attached hydrogens (tertiary/aromatic N) is 1. The molecule has 0 saturated heterocycles. The second-order valence-corrected chi connectivity index (χ2v) is 4.27. The zero-order valence-corrected chi connectivity index (χ0v) is 11.2. The predicted octanol–water partition coefficient (Wildman–Crippen LogP) is 3.38. The van der Waals surface area contributed by atoms with E-state index in [2.05, 4.69) is 10.3 Å². The number of nitrogens with one attached hydrogen (secondary N) is 1. The quantitative estimate of drug-likeness (QED) is 0.496. The number of phenols is 1. The molecular formula is C16H16N2O2. The van der Waals surface area contributed by atoms with Crippen LogP contribution in [0.2, 0.25) is 0 Å². The number of pyridine rings is 1. The van der Waals surface area contributed by atoms with Gasteiger partial charge in [0, 0.05) is 29.7 Å². The first-order valence-corrected chi connectivity index (χ1v) is 6.40. The minimum Gasteiger partial charge on any atom is -0.506 e. The van der Waals surface area contributed by atoms with Crippen molar-refractivity contribution >= 4 is 11.5 Å². The molecule has 1 aromatic carbocycles. The number of hydrogen-bond donors (Lipinski definition) is 2. The molecule has 0 aliphatic carbocycles. The number of para-hydroxylation sites is 2. The van der Waals surface area contributed by atoms with Gasteiger partial charge in [-0.25, -0.2) is 0 Å². The third-order valence-electron chi connectivity index (χ3n) is 2.85. The van der Waals surface area contributed by atoms with Crippen LogP contribution in [-0.4, -0.2) is 15.9 Å². The Labute approximate surface area is 117 Å². The van der Waals surface area contributed by atoms with Crippen LogP contribution >= 0.6 is 0 Å². The SMILES string of the molecule is CC/C(=C/C(=O)c1ccncc1)Nc1ccccc1O. The summed E-state index contributed by atoms with van der Waals surface area (Å²) in [7, 11) is 0. The smallest absolute Gasteiger partial charge is 0.187 e. The van der Waals surface area contributed by atoms with Crippen LogP contribution in [0.15, 0.2) is 60.6 Å². The minimum atomic E-state index is -0.0906. The molecule has 20 heavy (non-hydrogen) atoms. The average molecular weight is 268 g/mol. The summed E-state index contributed by atoms with van der Waals surface area (Å²) in [5.74, 6) is 0.0652. The molecule has 4 nitrogen and oxygen atoms in total. The highest BCUT2D eigenvalue weighted by molar-refractivity contribution is 6.05. The van der Waals surface area contributed by atoms with Gasteiger partial charge in [0.2, 0.25) is 0 Å². The Balaban J connectivity index is 2.18. The van der Waals surface area contributed by atoms with Crippen molar-refractivity contribution in [2.75, 3.05) is 5.32 Å². The van der Waals surface area contributed by atoms with Crippen LogP contribution in [0.5, 0.6) is 5.75 Å². The van der Waals surface area contributed by atoms with Gasteiger partial charge < -0.3 is 10.4 Å². The molecular weight excluding hydrogens is 252 g/mol. The molecule has 0 aliphatic heterocycles. The third-order valence-corrected chi connectivity index (χ3v) is 2.85. The van der Waals surface area contributed by atoms with Gasteiger partial charge in [0.15, 0.2) is 5.78 Å². The number of ketones is 1. The van der Waals surface area contributed by atoms with Crippen molar-refractivity contribution in [1.29, 1.82) is 0 Å². The van der Waals surface area contributed by atoms with Crippen LogP contribution in [0.1, 0.15) is 23.7 Å². The number of carbonyl (C=O) groups excluding carboxylic acids is 1. The van der Waals surface area contributed by atoms with E-state index < -0.39 is 0 Å². The van der Waals surface area contributed by atoms with Crippen LogP contribution in [-0.2, 0) is 0 Å². The van der Waals surface area contributed by atoms with Gasteiger partial charge >= 0.3 is 0 Å². The molecule has 4 heteroatoms. The number of rotatable bonds is 5. The van der Waals surface area contributed by atoms with Gasteiger partial charge in [-0.15, -0.1) is 0 Å². The fourth-order valence-corrected chi connectivity index (χ4v) is 1.74. The first kappa shape index (κ1) is 13.8. The van der Waals surface area contributed by atoms with Crippen molar-refractivity contribution in [2.24, 2.45) is 0 Å². The monoisotopic (exact) mass is 268 g/mol. The highest BCUT2D eigenvalue weighted by Gasteiger charge is 2.06. The van der Waals surface area contributed by atoms with Gasteiger partial charge in [0.25, 0.3) is 0 Å². The number of benzene rings is 1. The first-order valence-electron chi connectivity index (χ1n) is 6.40. The lowest BCUT2D eigenvalue weighted by atomic mass is 10.1. The van der Waals surface area contributed by atoms with E-state index >= 15 is 0 Å². The summed E-state index contributed by atoms with van der Waals surface area (Å²) >= 11 is 0. The van der Waals surface area contributed by atoms with Crippen molar-refractivity contribution in [1.82, 2.24) is 4.98 Å². The Morgan fingerprint density at radius 2 is 1.95 bits per heavy atom. The summed E-state index contributed by atoms with van der Waals surface area (Å²) in [6, 6.07) is 10.3. The molecule has 0 aliphatic rings. The normalized spacial score (nSPS) is 11.2. The maximum Gasteiger partial charge on any atom is 0.187 e. The topological polar surface area (TPSA) is 62.2 Å². The Bertz CT molecular complexity index is 621. The highest BCUT2D eigenvalue weighted by atomic mass is 16.3. The largest absolute Gasteiger partial charge is 0.506 e. The summed E-state index contributed by atoms with van der Waals surface area (Å²) in [6.07, 6.45) is 5.37. The molecule has 0 saturated carbocycles. The summed E-state index contributed by atoms with van der Waals surface area (Å²) in [6.45, 7) is 1.94. The van der Waals surface area contributed by atoms with Gasteiger partial charge in [0.05, 0.1) is 5.69 Å². The molecule has 1 heterocycles. The first-order chi connectivity index (χ1) is 9.70. The summed E-state index contributed by atoms with van der Waals surface area (Å²) in [5, 5.41) is 12.8. The summed E-state index contributed by atoms with van der Waals surface area (Å²) in [5.41, 5.74) is 1.92. The van der Waals surface area contributed by atoms with Crippen LogP contribution in [0, 0.1) is 0 Å². The van der Waals surface area contributed by atoms with Gasteiger partial charge in [-0.2, -0.15) is 0 Å². The molecule has 0 fully saturated rings. The van der Waals surface area contributed by atoms with E-state index in [0.29, 0.717) is 17.7 Å². The number of aromatic hydroxyl groups is 1. The zero-order valence-electron chi connectivity index (χ0n) is 11.2. The summed E-state index contributed by atoms with van der Waals surface area (Å²) in [4.78, 5) is 16.0. The average Bonchev–Trinajstić information content (AvgIpc) is 2.49. The van der Waals surface area contributed by atoms with Crippen molar-refractivity contribution in [3.8, 4) is 5.75 Å². The zero-order chi connectivity index (χ0) is 14.4. The second kappa shape index (κ2) is 6.52. The maximum atomic E-state index is 12.1. The van der Waals surface area contributed by atoms with Crippen molar-refractivity contribution < 1.29 is 9.90 Å². The number of aromatic nitrogens is 1. The second-order valence-electron chi connectivity index (χ2n) is 4.27. The molecule has 0 atom stereocenters. The molecule has 2 aromatic rings. The molecule has 0 spiro atoms. The van der Waals surface area contributed by atoms with E-state index in [1.807, 2.05) is 13.0 Å². The highest BCUT2D eigenvalue weighted by Crippen LogP contribution is 2.23. The molecule has 102 valence electrons. The lowest BCUT2D eigenvalue weighted by molar-refractivity contribution is 0.104. The standard InChI is InChI=1S/C16H16N2O2/c1-2-13(18-14-5-3-4-6-15(14)19)11-16(20)12-7-9-17-10-8-12/h3-11,18-19H,2H2,1H3/b13-11-. The fourth-order valence-electron chi connectivity index (χ4n) is 1.74. The molecule has 0 bridgehead atoms. The van der Waals surface area contributed by atoms with E-state index in [9.17, 15) is 9.90 Å². The van der Waals surface area contributed by atoms with Crippen LogP contribution in [0.3, 0.4) is 0 Å². The van der Waals surface area contributed by atoms with Crippen LogP contribution < -0.4 is 5.32 Å². The van der Waals surface area contributed by atoms with E-state index in [-0.39, 0.29) is 11.5 Å². The summed E-state index contributed by atoms with van der Waals surface area (Å²) < 4.78 is 0. The van der Waals surface area contributed by atoms with Gasteiger partial charge in [-0.05, 0) is 30.7 Å². The van der Waals surface area contributed by atoms with Gasteiger partial charge in [-0.1, -0.05) is 19.1 Å². The Morgan fingerprint density at radius 1 is 1.25 bits per heavy atom. The maximum absolute atomic E-state index is 12.1. The Hall–Kier alpha value is -2.62. The lowest BCUT2D eigenvalue weighted by Gasteiger charge is -2.10. The molecule has 0 radical (unpaired) electrons. The molecule has 2 N–H and O–H groups in total. The molecule has 0 amide bonds. The fraction of sp³-hybridized carbons (Fsp3) is 0.125. The van der Waals surface area contributed by atoms with E-state index in [0.717, 1.165) is 5.70 Å². The number of carbonyl (C=O) groups is 1. The Morgan fingerprint density at radius 3 is 2.60 bits per heavy atom. The van der Waals surface area contributed by atoms with E-state index in [4.69, 9.17) is 0 Å². The van der Waals surface area contributed by atoms with Gasteiger partial charge in [0.1, 0.15) is 5.75 Å². The Kier molecular flexibility index (Phi) is 4.50. The third kappa shape index (κ3) is 3.45. The molecule has 0 unspecified atom stereocenters.